The predicted molar refractivity (Wildman–Crippen MR) is 124 cm³/mol. The largest absolute Gasteiger partial charge is 0.495 e. The van der Waals surface area contributed by atoms with Gasteiger partial charge < -0.3 is 14.8 Å². The molecule has 1 amide bonds. The second-order valence-electron chi connectivity index (χ2n) is 6.34. The molecule has 0 spiro atoms. The summed E-state index contributed by atoms with van der Waals surface area (Å²) < 4.78 is 11.0. The molecule has 0 unspecified atom stereocenters. The lowest BCUT2D eigenvalue weighted by Crippen LogP contribution is -2.34. The molecule has 154 valence electrons. The third-order valence-corrected chi connectivity index (χ3v) is 4.76. The minimum atomic E-state index is -0.359. The maximum Gasteiger partial charge on any atom is 0.261 e. The molecule has 0 bridgehead atoms. The zero-order valence-corrected chi connectivity index (χ0v) is 17.9. The first kappa shape index (κ1) is 21.6. The van der Waals surface area contributed by atoms with Gasteiger partial charge in [-0.25, -0.2) is 0 Å². The van der Waals surface area contributed by atoms with Gasteiger partial charge in [0.05, 0.1) is 24.3 Å². The van der Waals surface area contributed by atoms with Crippen LogP contribution in [0.15, 0.2) is 72.8 Å². The van der Waals surface area contributed by atoms with E-state index in [0.29, 0.717) is 34.4 Å². The highest BCUT2D eigenvalue weighted by atomic mass is 35.5. The molecule has 0 atom stereocenters. The van der Waals surface area contributed by atoms with E-state index in [9.17, 15) is 4.79 Å². The highest BCUT2D eigenvalue weighted by molar-refractivity contribution is 7.80. The maximum absolute atomic E-state index is 12.7. The summed E-state index contributed by atoms with van der Waals surface area (Å²) in [4.78, 5) is 12.7. The SMILES string of the molecule is COc1ccc(NC(=S)NC(=O)c2ccccc2OCCc2ccccc2)cc1Cl. The molecule has 3 aromatic rings. The molecule has 0 saturated heterocycles. The van der Waals surface area contributed by atoms with Gasteiger partial charge in [0.15, 0.2) is 5.11 Å². The van der Waals surface area contributed by atoms with E-state index in [1.807, 2.05) is 36.4 Å². The van der Waals surface area contributed by atoms with Crippen LogP contribution in [0.1, 0.15) is 15.9 Å². The van der Waals surface area contributed by atoms with Gasteiger partial charge >= 0.3 is 0 Å². The number of rotatable bonds is 7. The van der Waals surface area contributed by atoms with Gasteiger partial charge in [0, 0.05) is 12.1 Å². The van der Waals surface area contributed by atoms with Crippen LogP contribution in [-0.2, 0) is 6.42 Å². The number of carbonyl (C=O) groups excluding carboxylic acids is 1. The van der Waals surface area contributed by atoms with Crippen LogP contribution in [0.3, 0.4) is 0 Å². The Kier molecular flexibility index (Phi) is 7.65. The monoisotopic (exact) mass is 440 g/mol. The number of ether oxygens (including phenoxy) is 2. The molecule has 30 heavy (non-hydrogen) atoms. The lowest BCUT2D eigenvalue weighted by Gasteiger charge is -2.13. The predicted octanol–water partition coefficient (Wildman–Crippen LogP) is 5.10. The van der Waals surface area contributed by atoms with Crippen LogP contribution >= 0.6 is 23.8 Å². The minimum Gasteiger partial charge on any atom is -0.495 e. The van der Waals surface area contributed by atoms with Crippen molar-refractivity contribution >= 4 is 40.5 Å². The van der Waals surface area contributed by atoms with E-state index >= 15 is 0 Å². The van der Waals surface area contributed by atoms with E-state index in [-0.39, 0.29) is 11.0 Å². The normalized spacial score (nSPS) is 10.2. The Hall–Kier alpha value is -3.09. The zero-order valence-electron chi connectivity index (χ0n) is 16.4. The number of amides is 1. The number of halogens is 1. The highest BCUT2D eigenvalue weighted by Crippen LogP contribution is 2.27. The van der Waals surface area contributed by atoms with E-state index in [4.69, 9.17) is 33.3 Å². The Labute approximate surface area is 186 Å². The van der Waals surface area contributed by atoms with Crippen molar-refractivity contribution in [1.82, 2.24) is 5.32 Å². The van der Waals surface area contributed by atoms with Gasteiger partial charge in [-0.1, -0.05) is 54.1 Å². The number of thiocarbonyl (C=S) groups is 1. The summed E-state index contributed by atoms with van der Waals surface area (Å²) in [5.74, 6) is 0.697. The van der Waals surface area contributed by atoms with Crippen molar-refractivity contribution in [2.45, 2.75) is 6.42 Å². The molecule has 7 heteroatoms. The van der Waals surface area contributed by atoms with E-state index in [0.717, 1.165) is 6.42 Å². The standard InChI is InChI=1S/C23H21ClN2O3S/c1-28-21-12-11-17(15-19(21)24)25-23(30)26-22(27)18-9-5-6-10-20(18)29-14-13-16-7-3-2-4-8-16/h2-12,15H,13-14H2,1H3,(H2,25,26,27,30). The molecule has 0 radical (unpaired) electrons. The van der Waals surface area contributed by atoms with E-state index in [2.05, 4.69) is 10.6 Å². The van der Waals surface area contributed by atoms with Crippen molar-refractivity contribution in [2.75, 3.05) is 19.0 Å². The molecule has 0 fully saturated rings. The first-order valence-electron chi connectivity index (χ1n) is 9.28. The van der Waals surface area contributed by atoms with Crippen molar-refractivity contribution < 1.29 is 14.3 Å². The Balaban J connectivity index is 1.59. The van der Waals surface area contributed by atoms with E-state index < -0.39 is 0 Å². The van der Waals surface area contributed by atoms with Crippen molar-refractivity contribution in [1.29, 1.82) is 0 Å². The Morgan fingerprint density at radius 2 is 1.73 bits per heavy atom. The number of carbonyl (C=O) groups is 1. The summed E-state index contributed by atoms with van der Waals surface area (Å²) in [5.41, 5.74) is 2.21. The lowest BCUT2D eigenvalue weighted by atomic mass is 10.1. The summed E-state index contributed by atoms with van der Waals surface area (Å²) in [6, 6.07) is 22.2. The van der Waals surface area contributed by atoms with Gasteiger partial charge in [0.25, 0.3) is 5.91 Å². The van der Waals surface area contributed by atoms with Gasteiger partial charge in [0.1, 0.15) is 11.5 Å². The summed E-state index contributed by atoms with van der Waals surface area (Å²) in [6.45, 7) is 0.460. The first-order chi connectivity index (χ1) is 14.6. The van der Waals surface area contributed by atoms with Crippen LogP contribution in [0.25, 0.3) is 0 Å². The van der Waals surface area contributed by atoms with Crippen LogP contribution in [0.4, 0.5) is 5.69 Å². The molecule has 0 saturated carbocycles. The zero-order chi connectivity index (χ0) is 21.3. The van der Waals surface area contributed by atoms with Crippen LogP contribution in [0.5, 0.6) is 11.5 Å². The maximum atomic E-state index is 12.7. The Morgan fingerprint density at radius 3 is 2.47 bits per heavy atom. The summed E-state index contributed by atoms with van der Waals surface area (Å²) in [7, 11) is 1.54. The van der Waals surface area contributed by atoms with Gasteiger partial charge in [-0.2, -0.15) is 0 Å². The number of anilines is 1. The van der Waals surface area contributed by atoms with Gasteiger partial charge in [-0.15, -0.1) is 0 Å². The summed E-state index contributed by atoms with van der Waals surface area (Å²) >= 11 is 11.4. The van der Waals surface area contributed by atoms with Gasteiger partial charge in [0.2, 0.25) is 0 Å². The fourth-order valence-corrected chi connectivity index (χ4v) is 3.25. The first-order valence-corrected chi connectivity index (χ1v) is 10.1. The topological polar surface area (TPSA) is 59.6 Å². The number of nitrogens with one attached hydrogen (secondary N) is 2. The molecular weight excluding hydrogens is 420 g/mol. The van der Waals surface area contributed by atoms with Gasteiger partial charge in [-0.3, -0.25) is 10.1 Å². The highest BCUT2D eigenvalue weighted by Gasteiger charge is 2.14. The molecular formula is C23H21ClN2O3S. The second-order valence-corrected chi connectivity index (χ2v) is 7.15. The van der Waals surface area contributed by atoms with Crippen LogP contribution < -0.4 is 20.1 Å². The van der Waals surface area contributed by atoms with Crippen molar-refractivity contribution in [2.24, 2.45) is 0 Å². The van der Waals surface area contributed by atoms with Crippen molar-refractivity contribution in [3.05, 3.63) is 88.9 Å². The minimum absolute atomic E-state index is 0.153. The van der Waals surface area contributed by atoms with Crippen LogP contribution in [0.2, 0.25) is 5.02 Å². The second kappa shape index (κ2) is 10.6. The quantitative estimate of drug-likeness (QED) is 0.501. The van der Waals surface area contributed by atoms with Gasteiger partial charge in [-0.05, 0) is 48.1 Å². The van der Waals surface area contributed by atoms with Crippen LogP contribution in [0, 0.1) is 0 Å². The fourth-order valence-electron chi connectivity index (χ4n) is 2.78. The van der Waals surface area contributed by atoms with E-state index in [1.54, 1.807) is 43.5 Å². The number of para-hydroxylation sites is 1. The van der Waals surface area contributed by atoms with Crippen molar-refractivity contribution in [3.63, 3.8) is 0 Å². The third-order valence-electron chi connectivity index (χ3n) is 4.26. The molecule has 0 aliphatic rings. The molecule has 3 aromatic carbocycles. The average Bonchev–Trinajstić information content (AvgIpc) is 2.75. The van der Waals surface area contributed by atoms with E-state index in [1.165, 1.54) is 5.56 Å². The average molecular weight is 441 g/mol. The van der Waals surface area contributed by atoms with Crippen LogP contribution in [-0.4, -0.2) is 24.7 Å². The molecule has 0 heterocycles. The summed E-state index contributed by atoms with van der Waals surface area (Å²) in [6.07, 6.45) is 0.745. The summed E-state index contributed by atoms with van der Waals surface area (Å²) in [5, 5.41) is 6.20. The number of benzene rings is 3. The lowest BCUT2D eigenvalue weighted by molar-refractivity contribution is 0.0974. The van der Waals surface area contributed by atoms with Crippen molar-refractivity contribution in [3.8, 4) is 11.5 Å². The molecule has 3 rings (SSSR count). The molecule has 5 nitrogen and oxygen atoms in total. The number of methoxy groups -OCH3 is 1. The smallest absolute Gasteiger partial charge is 0.261 e. The molecule has 2 N–H and O–H groups in total. The number of hydrogen-bond acceptors (Lipinski definition) is 4. The fraction of sp³-hybridized carbons (Fsp3) is 0.130. The molecule has 0 aliphatic heterocycles. The molecule has 0 aromatic heterocycles. The molecule has 0 aliphatic carbocycles. The third kappa shape index (κ3) is 5.95. The Morgan fingerprint density at radius 1 is 1.00 bits per heavy atom. The number of hydrogen-bond donors (Lipinski definition) is 2. The Bertz CT molecular complexity index is 1030.